The van der Waals surface area contributed by atoms with Gasteiger partial charge in [-0.15, -0.1) is 0 Å². The normalized spacial score (nSPS) is 19.9. The topological polar surface area (TPSA) is 136 Å². The summed E-state index contributed by atoms with van der Waals surface area (Å²) in [7, 11) is 0. The van der Waals surface area contributed by atoms with Gasteiger partial charge in [0.15, 0.2) is 0 Å². The number of anilines is 1. The van der Waals surface area contributed by atoms with Crippen molar-refractivity contribution in [3.8, 4) is 12.1 Å². The number of allylic oxidation sites excluding steroid dienone is 1. The fraction of sp³-hybridized carbons (Fsp3) is 0.278. The summed E-state index contributed by atoms with van der Waals surface area (Å²) < 4.78 is 1.35. The summed E-state index contributed by atoms with van der Waals surface area (Å²) in [6.07, 6.45) is 1.82. The van der Waals surface area contributed by atoms with Gasteiger partial charge in [0, 0.05) is 12.5 Å². The van der Waals surface area contributed by atoms with Gasteiger partial charge >= 0.3 is 0 Å². The Labute approximate surface area is 151 Å². The van der Waals surface area contributed by atoms with E-state index in [1.165, 1.54) is 4.68 Å². The van der Waals surface area contributed by atoms with E-state index in [4.69, 9.17) is 10.8 Å². The molecule has 0 saturated carbocycles. The molecular weight excluding hydrogens is 330 g/mol. The number of nitriles is 2. The van der Waals surface area contributed by atoms with E-state index in [0.717, 1.165) is 5.56 Å². The SMILES string of the molecule is N#C/C(=C\C1CNNC1c1ccccc1)c1nn(CCO)c(N)c1C#N. The molecule has 1 saturated heterocycles. The minimum Gasteiger partial charge on any atom is -0.394 e. The number of nitrogen functional groups attached to an aromatic ring is 1. The number of benzene rings is 1. The third-order valence-corrected chi connectivity index (χ3v) is 4.35. The highest BCUT2D eigenvalue weighted by Gasteiger charge is 2.28. The zero-order valence-corrected chi connectivity index (χ0v) is 14.1. The van der Waals surface area contributed by atoms with Gasteiger partial charge in [-0.3, -0.25) is 5.43 Å². The highest BCUT2D eigenvalue weighted by molar-refractivity contribution is 5.80. The van der Waals surface area contributed by atoms with Gasteiger partial charge in [0.05, 0.1) is 24.8 Å². The van der Waals surface area contributed by atoms with Gasteiger partial charge in [-0.1, -0.05) is 36.4 Å². The van der Waals surface area contributed by atoms with Crippen LogP contribution in [-0.2, 0) is 6.54 Å². The Morgan fingerprint density at radius 3 is 2.81 bits per heavy atom. The predicted molar refractivity (Wildman–Crippen MR) is 95.8 cm³/mol. The number of hydrogen-bond donors (Lipinski definition) is 4. The van der Waals surface area contributed by atoms with Crippen molar-refractivity contribution < 1.29 is 5.11 Å². The Bertz CT molecular complexity index is 889. The lowest BCUT2D eigenvalue weighted by atomic mass is 9.92. The summed E-state index contributed by atoms with van der Waals surface area (Å²) in [5.41, 5.74) is 14.1. The molecule has 0 amide bonds. The molecule has 3 rings (SSSR count). The van der Waals surface area contributed by atoms with Crippen LogP contribution in [0.4, 0.5) is 5.82 Å². The van der Waals surface area contributed by atoms with Crippen LogP contribution >= 0.6 is 0 Å². The van der Waals surface area contributed by atoms with Crippen molar-refractivity contribution in [3.05, 3.63) is 53.2 Å². The maximum absolute atomic E-state index is 9.64. The number of aliphatic hydroxyl groups is 1. The first-order chi connectivity index (χ1) is 12.7. The minimum absolute atomic E-state index is 0.00181. The molecule has 2 heterocycles. The molecule has 132 valence electrons. The molecular formula is C18H19N7O. The molecule has 0 spiro atoms. The number of nitrogens with zero attached hydrogens (tertiary/aromatic N) is 4. The number of rotatable bonds is 5. The van der Waals surface area contributed by atoms with Crippen LogP contribution < -0.4 is 16.6 Å². The van der Waals surface area contributed by atoms with Crippen molar-refractivity contribution in [1.82, 2.24) is 20.6 Å². The van der Waals surface area contributed by atoms with Gasteiger partial charge in [-0.05, 0) is 5.56 Å². The maximum Gasteiger partial charge on any atom is 0.140 e. The van der Waals surface area contributed by atoms with Crippen molar-refractivity contribution >= 4 is 11.4 Å². The first-order valence-corrected chi connectivity index (χ1v) is 8.22. The number of hydrogen-bond acceptors (Lipinski definition) is 7. The van der Waals surface area contributed by atoms with E-state index in [9.17, 15) is 10.5 Å². The first kappa shape index (κ1) is 17.6. The molecule has 1 aromatic heterocycles. The molecule has 1 aliphatic rings. The number of aromatic nitrogens is 2. The maximum atomic E-state index is 9.64. The van der Waals surface area contributed by atoms with Crippen LogP contribution in [0.2, 0.25) is 0 Å². The molecule has 1 aliphatic heterocycles. The quantitative estimate of drug-likeness (QED) is 0.583. The third-order valence-electron chi connectivity index (χ3n) is 4.35. The summed E-state index contributed by atoms with van der Waals surface area (Å²) in [4.78, 5) is 0. The van der Waals surface area contributed by atoms with Crippen LogP contribution in [0.25, 0.3) is 5.57 Å². The Kier molecular flexibility index (Phi) is 5.30. The van der Waals surface area contributed by atoms with E-state index >= 15 is 0 Å². The van der Waals surface area contributed by atoms with Crippen LogP contribution in [0.15, 0.2) is 36.4 Å². The number of nitrogens with one attached hydrogen (secondary N) is 2. The highest BCUT2D eigenvalue weighted by Crippen LogP contribution is 2.30. The van der Waals surface area contributed by atoms with Gasteiger partial charge < -0.3 is 10.8 Å². The Morgan fingerprint density at radius 1 is 1.38 bits per heavy atom. The van der Waals surface area contributed by atoms with Crippen LogP contribution in [-0.4, -0.2) is 28.0 Å². The van der Waals surface area contributed by atoms with E-state index in [1.54, 1.807) is 0 Å². The molecule has 0 aliphatic carbocycles. The lowest BCUT2D eigenvalue weighted by Gasteiger charge is -2.16. The van der Waals surface area contributed by atoms with Crippen LogP contribution in [0.1, 0.15) is 22.9 Å². The summed E-state index contributed by atoms with van der Waals surface area (Å²) in [5.74, 6) is 0.155. The molecule has 1 fully saturated rings. The molecule has 26 heavy (non-hydrogen) atoms. The molecule has 2 atom stereocenters. The van der Waals surface area contributed by atoms with Gasteiger partial charge in [0.2, 0.25) is 0 Å². The molecule has 0 radical (unpaired) electrons. The molecule has 8 heteroatoms. The second-order valence-electron chi connectivity index (χ2n) is 5.94. The molecule has 2 aromatic rings. The average molecular weight is 349 g/mol. The Hall–Kier alpha value is -3.17. The van der Waals surface area contributed by atoms with Gasteiger partial charge in [0.25, 0.3) is 0 Å². The highest BCUT2D eigenvalue weighted by atomic mass is 16.3. The summed E-state index contributed by atoms with van der Waals surface area (Å²) in [6.45, 7) is 0.645. The third kappa shape index (κ3) is 3.30. The van der Waals surface area contributed by atoms with E-state index in [0.29, 0.717) is 12.1 Å². The first-order valence-electron chi connectivity index (χ1n) is 8.22. The van der Waals surface area contributed by atoms with Crippen molar-refractivity contribution in [3.63, 3.8) is 0 Å². The summed E-state index contributed by atoms with van der Waals surface area (Å²) >= 11 is 0. The zero-order valence-electron chi connectivity index (χ0n) is 14.1. The second kappa shape index (κ2) is 7.81. The van der Waals surface area contributed by atoms with E-state index in [-0.39, 0.29) is 42.2 Å². The Balaban J connectivity index is 1.98. The van der Waals surface area contributed by atoms with Gasteiger partial charge in [-0.2, -0.15) is 15.6 Å². The lowest BCUT2D eigenvalue weighted by Crippen LogP contribution is -2.24. The molecule has 1 aromatic carbocycles. The van der Waals surface area contributed by atoms with Crippen LogP contribution in [0.3, 0.4) is 0 Å². The fourth-order valence-electron chi connectivity index (χ4n) is 3.08. The molecule has 0 bridgehead atoms. The minimum atomic E-state index is -0.158. The summed E-state index contributed by atoms with van der Waals surface area (Å²) in [5, 5.41) is 32.4. The van der Waals surface area contributed by atoms with Crippen LogP contribution in [0.5, 0.6) is 0 Å². The zero-order chi connectivity index (χ0) is 18.5. The van der Waals surface area contributed by atoms with Crippen molar-refractivity contribution in [1.29, 1.82) is 10.5 Å². The predicted octanol–water partition coefficient (Wildman–Crippen LogP) is 0.702. The van der Waals surface area contributed by atoms with Crippen LogP contribution in [0, 0.1) is 28.6 Å². The largest absolute Gasteiger partial charge is 0.394 e. The number of aliphatic hydroxyl groups excluding tert-OH is 1. The van der Waals surface area contributed by atoms with E-state index < -0.39 is 0 Å². The van der Waals surface area contributed by atoms with Gasteiger partial charge in [-0.25, -0.2) is 10.1 Å². The van der Waals surface area contributed by atoms with Crippen molar-refractivity contribution in [2.24, 2.45) is 5.92 Å². The standard InChI is InChI=1S/C18H19N7O/c19-9-13(17-15(10-20)18(21)25(24-17)6-7-26)8-14-11-22-23-16(14)12-4-2-1-3-5-12/h1-5,8,14,16,22-23,26H,6-7,11,21H2/b13-8+. The van der Waals surface area contributed by atoms with E-state index in [2.05, 4.69) is 22.0 Å². The van der Waals surface area contributed by atoms with Crippen molar-refractivity contribution in [2.75, 3.05) is 18.9 Å². The Morgan fingerprint density at radius 2 is 2.15 bits per heavy atom. The monoisotopic (exact) mass is 349 g/mol. The number of hydrazine groups is 1. The van der Waals surface area contributed by atoms with E-state index in [1.807, 2.05) is 42.5 Å². The molecule has 2 unspecified atom stereocenters. The fourth-order valence-corrected chi connectivity index (χ4v) is 3.08. The average Bonchev–Trinajstić information content (AvgIpc) is 3.25. The smallest absolute Gasteiger partial charge is 0.140 e. The molecule has 8 nitrogen and oxygen atoms in total. The lowest BCUT2D eigenvalue weighted by molar-refractivity contribution is 0.270. The van der Waals surface area contributed by atoms with Gasteiger partial charge in [0.1, 0.15) is 29.2 Å². The summed E-state index contributed by atoms with van der Waals surface area (Å²) in [6, 6.07) is 14.1. The second-order valence-corrected chi connectivity index (χ2v) is 5.94. The van der Waals surface area contributed by atoms with Crippen molar-refractivity contribution in [2.45, 2.75) is 12.6 Å². The molecule has 5 N–H and O–H groups in total. The number of nitrogens with two attached hydrogens (primary N) is 1.